The molecule has 2 aliphatic carbocycles. The van der Waals surface area contributed by atoms with E-state index in [4.69, 9.17) is 28.5 Å². The maximum absolute atomic E-state index is 14.0. The van der Waals surface area contributed by atoms with Gasteiger partial charge < -0.3 is 5.11 Å². The number of carbonyl (C=O) groups excluding carboxylic acids is 3. The Bertz CT molecular complexity index is 2840. The van der Waals surface area contributed by atoms with Crippen molar-refractivity contribution in [1.82, 2.24) is 0 Å². The van der Waals surface area contributed by atoms with Crippen LogP contribution < -0.4 is 19.6 Å². The summed E-state index contributed by atoms with van der Waals surface area (Å²) in [5.41, 5.74) is 3.18. The number of imide groups is 1. The molecule has 2 spiro atoms. The highest BCUT2D eigenvalue weighted by Gasteiger charge is 2.70. The van der Waals surface area contributed by atoms with Gasteiger partial charge in [0.2, 0.25) is 0 Å². The van der Waals surface area contributed by atoms with E-state index in [1.165, 1.54) is 15.4 Å². The average molecular weight is 967 g/mol. The van der Waals surface area contributed by atoms with Gasteiger partial charge in [-0.1, -0.05) is 86.7 Å². The van der Waals surface area contributed by atoms with Crippen LogP contribution in [0.15, 0.2) is 150 Å². The molecule has 10 rings (SSSR count). The molecule has 1 N–H and O–H groups in total. The molecule has 0 bridgehead atoms. The zero-order chi connectivity index (χ0) is 46.1. The fourth-order valence-corrected chi connectivity index (χ4v) is 9.91. The molecule has 6 aromatic rings. The zero-order valence-electron chi connectivity index (χ0n) is 35.6. The molecule has 2 heterocycles. The van der Waals surface area contributed by atoms with Crippen LogP contribution in [0.3, 0.4) is 0 Å². The molecule has 65 heavy (non-hydrogen) atoms. The number of anilines is 4. The number of urea groups is 2. The molecule has 0 radical (unpaired) electrons. The Morgan fingerprint density at radius 3 is 1.46 bits per heavy atom. The number of amides is 5. The highest BCUT2D eigenvalue weighted by molar-refractivity contribution is 9.10. The maximum atomic E-state index is 14.0. The third-order valence-electron chi connectivity index (χ3n) is 12.6. The summed E-state index contributed by atoms with van der Waals surface area (Å²) in [4.78, 5) is 46.2. The van der Waals surface area contributed by atoms with E-state index < -0.39 is 16.8 Å². The zero-order valence-corrected chi connectivity index (χ0v) is 38.7. The summed E-state index contributed by atoms with van der Waals surface area (Å²) in [7, 11) is 0. The van der Waals surface area contributed by atoms with Crippen molar-refractivity contribution in [3.05, 3.63) is 188 Å². The Morgan fingerprint density at radius 1 is 0.569 bits per heavy atom. The summed E-state index contributed by atoms with van der Waals surface area (Å²) >= 11 is 15.4. The summed E-state index contributed by atoms with van der Waals surface area (Å²) in [6.07, 6.45) is 4.41. The van der Waals surface area contributed by atoms with Gasteiger partial charge in [0, 0.05) is 37.1 Å². The first-order chi connectivity index (χ1) is 31.3. The molecular formula is C52H43BrCl2N6O4. The van der Waals surface area contributed by atoms with E-state index in [2.05, 4.69) is 47.1 Å². The van der Waals surface area contributed by atoms with Gasteiger partial charge in [-0.3, -0.25) is 19.5 Å². The summed E-state index contributed by atoms with van der Waals surface area (Å²) < 4.78 is 1.15. The van der Waals surface area contributed by atoms with E-state index >= 15 is 0 Å². The predicted molar refractivity (Wildman–Crippen MR) is 258 cm³/mol. The number of aryl methyl sites for hydroxylation is 2. The highest BCUT2D eigenvalue weighted by atomic mass is 79.9. The lowest BCUT2D eigenvalue weighted by Crippen LogP contribution is -2.63. The molecule has 6 aromatic carbocycles. The molecule has 326 valence electrons. The van der Waals surface area contributed by atoms with Crippen LogP contribution in [-0.2, 0) is 10.5 Å². The minimum absolute atomic E-state index is 0.199. The number of rotatable bonds is 5. The van der Waals surface area contributed by atoms with Gasteiger partial charge in [-0.2, -0.15) is 10.5 Å². The molecule has 1 atom stereocenters. The molecule has 10 nitrogen and oxygen atoms in total. The van der Waals surface area contributed by atoms with Crippen molar-refractivity contribution in [3.63, 3.8) is 0 Å². The minimum Gasteiger partial charge on any atom is -0.364 e. The van der Waals surface area contributed by atoms with Gasteiger partial charge in [0.25, 0.3) is 5.91 Å². The molecule has 2 saturated carbocycles. The van der Waals surface area contributed by atoms with Crippen LogP contribution in [-0.4, -0.2) is 34.2 Å². The summed E-state index contributed by atoms with van der Waals surface area (Å²) in [6, 6.07) is 46.8. The Morgan fingerprint density at radius 2 is 1.03 bits per heavy atom. The smallest absolute Gasteiger partial charge is 0.336 e. The van der Waals surface area contributed by atoms with Crippen LogP contribution in [0.2, 0.25) is 10.0 Å². The van der Waals surface area contributed by atoms with Gasteiger partial charge in [0.05, 0.1) is 29.0 Å². The van der Waals surface area contributed by atoms with Crippen LogP contribution >= 0.6 is 39.1 Å². The number of carbonyl (C=O) groups is 3. The van der Waals surface area contributed by atoms with Crippen LogP contribution in [0.25, 0.3) is 0 Å². The van der Waals surface area contributed by atoms with E-state index in [9.17, 15) is 24.8 Å². The molecule has 13 heteroatoms. The Balaban J connectivity index is 0.000000155. The Hall–Kier alpha value is -6.47. The monoisotopic (exact) mass is 964 g/mol. The third-order valence-corrected chi connectivity index (χ3v) is 13.6. The number of halogens is 3. The van der Waals surface area contributed by atoms with Gasteiger partial charge in [-0.05, 0) is 162 Å². The normalized spacial score (nSPS) is 18.8. The first kappa shape index (κ1) is 45.1. The molecule has 2 saturated heterocycles. The summed E-state index contributed by atoms with van der Waals surface area (Å²) in [6.45, 7) is 4.05. The SMILES string of the molecule is Cc1cccc(Br)c1.Cc1cccc(C2(O)N(c3ccc(Cl)cc3)C(=O)N(c3ccc(C#N)cc3)C23CCC3)c1.N#Cc1ccc(N2C(=O)N(c3ccc(Cl)cc3)C(=O)C23CCC3)cc1. The van der Waals surface area contributed by atoms with Gasteiger partial charge in [-0.15, -0.1) is 0 Å². The fourth-order valence-electron chi connectivity index (χ4n) is 9.15. The first-order valence-electron chi connectivity index (χ1n) is 21.1. The molecular weight excluding hydrogens is 923 g/mol. The lowest BCUT2D eigenvalue weighted by atomic mass is 9.66. The topological polar surface area (TPSA) is 132 Å². The Labute approximate surface area is 396 Å². The van der Waals surface area contributed by atoms with Crippen LogP contribution in [0, 0.1) is 36.5 Å². The average Bonchev–Trinajstić information content (AvgIpc) is 3.65. The quantitative estimate of drug-likeness (QED) is 0.171. The summed E-state index contributed by atoms with van der Waals surface area (Å²) in [5.74, 6) is -0.199. The molecule has 2 aliphatic heterocycles. The number of hydrogen-bond acceptors (Lipinski definition) is 6. The van der Waals surface area contributed by atoms with Crippen molar-refractivity contribution < 1.29 is 19.5 Å². The second-order valence-corrected chi connectivity index (χ2v) is 18.4. The largest absolute Gasteiger partial charge is 0.364 e. The van der Waals surface area contributed by atoms with E-state index in [-0.39, 0.29) is 18.0 Å². The van der Waals surface area contributed by atoms with Crippen LogP contribution in [0.4, 0.5) is 32.3 Å². The molecule has 5 amide bonds. The second-order valence-electron chi connectivity index (χ2n) is 16.6. The molecule has 4 aliphatic rings. The van der Waals surface area contributed by atoms with Gasteiger partial charge in [0.15, 0.2) is 5.72 Å². The van der Waals surface area contributed by atoms with Gasteiger partial charge in [0.1, 0.15) is 11.1 Å². The van der Waals surface area contributed by atoms with Crippen LogP contribution in [0.1, 0.15) is 66.3 Å². The minimum atomic E-state index is -1.57. The van der Waals surface area contributed by atoms with Crippen molar-refractivity contribution in [2.75, 3.05) is 19.6 Å². The van der Waals surface area contributed by atoms with E-state index in [0.717, 1.165) is 22.9 Å². The highest BCUT2D eigenvalue weighted by Crippen LogP contribution is 2.59. The van der Waals surface area contributed by atoms with Crippen molar-refractivity contribution in [2.45, 2.75) is 69.2 Å². The van der Waals surface area contributed by atoms with E-state index in [1.807, 2.05) is 43.3 Å². The Kier molecular flexibility index (Phi) is 12.6. The predicted octanol–water partition coefficient (Wildman–Crippen LogP) is 12.6. The van der Waals surface area contributed by atoms with Crippen molar-refractivity contribution >= 4 is 79.9 Å². The standard InChI is InChI=1S/C26H22ClN3O2.C19H14ClN3O2.C7H7Br/c1-18-4-2-5-20(16-18)26(32)25(14-3-15-25)29(22-10-6-19(17-28)7-11-22)24(31)30(26)23-12-8-21(27)9-13-23;20-14-4-8-15(9-5-14)22-17(24)19(10-1-11-19)23(18(22)25)16-6-2-13(12-21)3-7-16;1-6-3-2-4-7(8)5-6/h2,4-13,16,32H,3,14-15H2,1H3;2-9H,1,10-11H2;2-5H,1H3. The maximum Gasteiger partial charge on any atom is 0.336 e. The number of hydrogen-bond donors (Lipinski definition) is 1. The number of benzene rings is 6. The third kappa shape index (κ3) is 8.04. The van der Waals surface area contributed by atoms with Crippen molar-refractivity contribution in [1.29, 1.82) is 10.5 Å². The lowest BCUT2D eigenvalue weighted by Gasteiger charge is -2.52. The lowest BCUT2D eigenvalue weighted by molar-refractivity contribution is -0.123. The number of nitrogens with zero attached hydrogens (tertiary/aromatic N) is 6. The van der Waals surface area contributed by atoms with Crippen molar-refractivity contribution in [2.24, 2.45) is 0 Å². The fraction of sp³-hybridized carbons (Fsp3) is 0.212. The number of aliphatic hydroxyl groups is 1. The van der Waals surface area contributed by atoms with Gasteiger partial charge >= 0.3 is 12.1 Å². The molecule has 0 aromatic heterocycles. The van der Waals surface area contributed by atoms with Crippen LogP contribution in [0.5, 0.6) is 0 Å². The van der Waals surface area contributed by atoms with Crippen molar-refractivity contribution in [3.8, 4) is 12.1 Å². The molecule has 4 fully saturated rings. The van der Waals surface area contributed by atoms with E-state index in [1.54, 1.807) is 107 Å². The van der Waals surface area contributed by atoms with Gasteiger partial charge in [-0.25, -0.2) is 14.5 Å². The molecule has 1 unspecified atom stereocenters. The number of nitriles is 2. The van der Waals surface area contributed by atoms with E-state index in [0.29, 0.717) is 75.2 Å². The first-order valence-corrected chi connectivity index (χ1v) is 22.7. The second kappa shape index (κ2) is 18.2. The summed E-state index contributed by atoms with van der Waals surface area (Å²) in [5, 5.41) is 31.8.